The molecule has 5 heteroatoms. The van der Waals surface area contributed by atoms with Crippen LogP contribution in [0.4, 0.5) is 0 Å². The average molecular weight is 473 g/mol. The molecule has 0 aliphatic carbocycles. The fourth-order valence-corrected chi connectivity index (χ4v) is 4.58. The quantitative estimate of drug-likeness (QED) is 0.381. The first-order valence-corrected chi connectivity index (χ1v) is 12.4. The molecule has 0 spiro atoms. The molecule has 0 aromatic heterocycles. The highest BCUT2D eigenvalue weighted by Gasteiger charge is 2.43. The van der Waals surface area contributed by atoms with Crippen LogP contribution in [-0.4, -0.2) is 36.2 Å². The van der Waals surface area contributed by atoms with E-state index in [1.807, 2.05) is 47.4 Å². The fourth-order valence-electron chi connectivity index (χ4n) is 4.58. The monoisotopic (exact) mass is 472 g/mol. The minimum absolute atomic E-state index is 0.149. The number of aryl methyl sites for hydroxylation is 1. The minimum atomic E-state index is -0.382. The van der Waals surface area contributed by atoms with Crippen LogP contribution in [0.5, 0.6) is 11.5 Å². The summed E-state index contributed by atoms with van der Waals surface area (Å²) < 4.78 is 11.1. The molecule has 184 valence electrons. The lowest BCUT2D eigenvalue weighted by Gasteiger charge is -2.31. The molecule has 0 unspecified atom stereocenters. The topological polar surface area (TPSA) is 50.8 Å². The Morgan fingerprint density at radius 3 is 2.17 bits per heavy atom. The Bertz CT molecular complexity index is 1080. The fraction of sp³-hybridized carbons (Fsp3) is 0.367. The van der Waals surface area contributed by atoms with Gasteiger partial charge in [0.05, 0.1) is 25.4 Å². The molecule has 3 aromatic carbocycles. The molecular weight excluding hydrogens is 436 g/mol. The van der Waals surface area contributed by atoms with E-state index in [1.165, 1.54) is 5.56 Å². The first-order valence-electron chi connectivity index (χ1n) is 12.4. The number of nitrogens with zero attached hydrogens (tertiary/aromatic N) is 1. The highest BCUT2D eigenvalue weighted by atomic mass is 16.5. The Balaban J connectivity index is 1.22. The van der Waals surface area contributed by atoms with Crippen molar-refractivity contribution in [3.8, 4) is 11.5 Å². The summed E-state index contributed by atoms with van der Waals surface area (Å²) in [6.45, 7) is 5.45. The zero-order valence-corrected chi connectivity index (χ0v) is 21.0. The first kappa shape index (κ1) is 24.8. The number of ether oxygens (including phenoxy) is 2. The molecule has 1 heterocycles. The van der Waals surface area contributed by atoms with Gasteiger partial charge < -0.3 is 14.4 Å². The number of carbonyl (C=O) groups excluding carboxylic acids is 1. The molecule has 3 aromatic rings. The summed E-state index contributed by atoms with van der Waals surface area (Å²) in [6.07, 6.45) is 3.78. The van der Waals surface area contributed by atoms with Gasteiger partial charge in [-0.15, -0.1) is 0 Å². The van der Waals surface area contributed by atoms with Crippen LogP contribution in [0.2, 0.25) is 0 Å². The molecule has 0 bridgehead atoms. The second kappa shape index (κ2) is 11.4. The van der Waals surface area contributed by atoms with Gasteiger partial charge in [-0.1, -0.05) is 54.6 Å². The summed E-state index contributed by atoms with van der Waals surface area (Å²) >= 11 is 0. The number of methoxy groups -OCH3 is 1. The largest absolute Gasteiger partial charge is 0.497 e. The zero-order chi connectivity index (χ0) is 24.7. The Hall–Kier alpha value is -3.31. The van der Waals surface area contributed by atoms with Crippen molar-refractivity contribution in [3.05, 3.63) is 95.6 Å². The molecule has 1 amide bonds. The van der Waals surface area contributed by atoms with Crippen LogP contribution in [0, 0.1) is 0 Å². The van der Waals surface area contributed by atoms with Crippen molar-refractivity contribution in [2.24, 2.45) is 0 Å². The lowest BCUT2D eigenvalue weighted by Crippen LogP contribution is -2.46. The second-order valence-electron chi connectivity index (χ2n) is 9.67. The predicted molar refractivity (Wildman–Crippen MR) is 140 cm³/mol. The number of carbonyl (C=O) groups is 1. The van der Waals surface area contributed by atoms with Gasteiger partial charge in [-0.2, -0.15) is 0 Å². The van der Waals surface area contributed by atoms with Gasteiger partial charge in [0.2, 0.25) is 5.91 Å². The smallest absolute Gasteiger partial charge is 0.241 e. The second-order valence-corrected chi connectivity index (χ2v) is 9.67. The molecule has 1 atom stereocenters. The van der Waals surface area contributed by atoms with Crippen molar-refractivity contribution in [1.29, 1.82) is 0 Å². The maximum atomic E-state index is 13.2. The maximum Gasteiger partial charge on any atom is 0.241 e. The predicted octanol–water partition coefficient (Wildman–Crippen LogP) is 5.38. The molecule has 0 saturated carbocycles. The molecule has 1 aliphatic rings. The Morgan fingerprint density at radius 1 is 0.829 bits per heavy atom. The average Bonchev–Trinajstić information content (AvgIpc) is 3.08. The van der Waals surface area contributed by atoms with Crippen LogP contribution in [0.1, 0.15) is 43.4 Å². The van der Waals surface area contributed by atoms with E-state index < -0.39 is 0 Å². The van der Waals surface area contributed by atoms with E-state index in [9.17, 15) is 4.79 Å². The number of unbranched alkanes of at least 4 members (excludes halogenated alkanes) is 1. The summed E-state index contributed by atoms with van der Waals surface area (Å²) in [5.41, 5.74) is 3.20. The third-order valence-corrected chi connectivity index (χ3v) is 6.60. The lowest BCUT2D eigenvalue weighted by molar-refractivity contribution is -0.132. The van der Waals surface area contributed by atoms with E-state index in [0.717, 1.165) is 41.9 Å². The van der Waals surface area contributed by atoms with Crippen LogP contribution >= 0.6 is 0 Å². The van der Waals surface area contributed by atoms with Crippen molar-refractivity contribution in [2.45, 2.75) is 57.8 Å². The van der Waals surface area contributed by atoms with Crippen LogP contribution in [0.15, 0.2) is 78.9 Å². The first-order chi connectivity index (χ1) is 16.9. The van der Waals surface area contributed by atoms with Gasteiger partial charge in [-0.25, -0.2) is 0 Å². The van der Waals surface area contributed by atoms with E-state index in [2.05, 4.69) is 55.6 Å². The van der Waals surface area contributed by atoms with E-state index in [4.69, 9.17) is 9.47 Å². The zero-order valence-electron chi connectivity index (χ0n) is 21.0. The van der Waals surface area contributed by atoms with Crippen LogP contribution in [0.25, 0.3) is 0 Å². The molecule has 5 nitrogen and oxygen atoms in total. The molecule has 1 fully saturated rings. The van der Waals surface area contributed by atoms with Crippen molar-refractivity contribution < 1.29 is 14.3 Å². The third-order valence-electron chi connectivity index (χ3n) is 6.60. The normalized spacial score (nSPS) is 16.9. The molecule has 1 saturated heterocycles. The van der Waals surface area contributed by atoms with E-state index in [-0.39, 0.29) is 17.6 Å². The van der Waals surface area contributed by atoms with Gasteiger partial charge in [0, 0.05) is 6.54 Å². The van der Waals surface area contributed by atoms with E-state index in [0.29, 0.717) is 19.6 Å². The molecule has 1 N–H and O–H groups in total. The highest BCUT2D eigenvalue weighted by molar-refractivity contribution is 5.85. The van der Waals surface area contributed by atoms with E-state index >= 15 is 0 Å². The molecule has 0 radical (unpaired) electrons. The number of amides is 1. The lowest BCUT2D eigenvalue weighted by atomic mass is 10.1. The highest BCUT2D eigenvalue weighted by Crippen LogP contribution is 2.26. The summed E-state index contributed by atoms with van der Waals surface area (Å²) in [7, 11) is 1.69. The summed E-state index contributed by atoms with van der Waals surface area (Å²) in [5.74, 6) is 1.91. The number of benzene rings is 3. The SMILES string of the molecule is COc1ccc(CCCCOc2ccc(C[C@@H]3NC(C)(C)N(Cc4ccccc4)C3=O)cc2)cc1. The third kappa shape index (κ3) is 6.64. The number of rotatable bonds is 11. The van der Waals surface area contributed by atoms with Gasteiger partial charge in [0.15, 0.2) is 0 Å². The summed E-state index contributed by atoms with van der Waals surface area (Å²) in [5, 5.41) is 3.52. The maximum absolute atomic E-state index is 13.2. The van der Waals surface area contributed by atoms with Gasteiger partial charge >= 0.3 is 0 Å². The van der Waals surface area contributed by atoms with Gasteiger partial charge in [-0.05, 0) is 80.5 Å². The Kier molecular flexibility index (Phi) is 8.09. The standard InChI is InChI=1S/C30H36N2O3/c1-30(2)31-28(29(33)32(30)22-25-10-5-4-6-11-25)21-24-14-18-27(19-15-24)35-20-8-7-9-23-12-16-26(34-3)17-13-23/h4-6,10-19,28,31H,7-9,20-22H2,1-3H3/t28-/m0/s1. The number of nitrogens with one attached hydrogen (secondary N) is 1. The van der Waals surface area contributed by atoms with Crippen molar-refractivity contribution in [1.82, 2.24) is 10.2 Å². The van der Waals surface area contributed by atoms with Crippen LogP contribution in [-0.2, 0) is 24.2 Å². The number of hydrogen-bond donors (Lipinski definition) is 1. The van der Waals surface area contributed by atoms with E-state index in [1.54, 1.807) is 7.11 Å². The number of hydrogen-bond acceptors (Lipinski definition) is 4. The Labute approximate surface area is 209 Å². The Morgan fingerprint density at radius 2 is 1.49 bits per heavy atom. The summed E-state index contributed by atoms with van der Waals surface area (Å²) in [4.78, 5) is 15.1. The van der Waals surface area contributed by atoms with Gasteiger partial charge in [0.25, 0.3) is 0 Å². The van der Waals surface area contributed by atoms with Crippen molar-refractivity contribution in [3.63, 3.8) is 0 Å². The molecule has 4 rings (SSSR count). The van der Waals surface area contributed by atoms with Crippen LogP contribution < -0.4 is 14.8 Å². The van der Waals surface area contributed by atoms with Crippen molar-refractivity contribution >= 4 is 5.91 Å². The van der Waals surface area contributed by atoms with Crippen LogP contribution in [0.3, 0.4) is 0 Å². The van der Waals surface area contributed by atoms with Gasteiger partial charge in [-0.3, -0.25) is 10.1 Å². The summed E-state index contributed by atoms with van der Waals surface area (Å²) in [6, 6.07) is 26.3. The van der Waals surface area contributed by atoms with Crippen molar-refractivity contribution in [2.75, 3.05) is 13.7 Å². The minimum Gasteiger partial charge on any atom is -0.497 e. The molecule has 1 aliphatic heterocycles. The van der Waals surface area contributed by atoms with Gasteiger partial charge in [0.1, 0.15) is 11.5 Å². The molecule has 35 heavy (non-hydrogen) atoms. The molecular formula is C30H36N2O3.